The van der Waals surface area contributed by atoms with Gasteiger partial charge < -0.3 is 0 Å². The lowest BCUT2D eigenvalue weighted by molar-refractivity contribution is 0.102. The first-order valence-electron chi connectivity index (χ1n) is 8.39. The predicted octanol–water partition coefficient (Wildman–Crippen LogP) is 5.45. The fourth-order valence-corrected chi connectivity index (χ4v) is 5.79. The van der Waals surface area contributed by atoms with Crippen LogP contribution in [0, 0.1) is 18.3 Å². The minimum Gasteiger partial charge on any atom is -0.296 e. The van der Waals surface area contributed by atoms with Crippen LogP contribution in [0.15, 0.2) is 45.4 Å². The highest BCUT2D eigenvalue weighted by Crippen LogP contribution is 2.31. The fourth-order valence-electron chi connectivity index (χ4n) is 2.41. The Balaban J connectivity index is 1.38. The summed E-state index contributed by atoms with van der Waals surface area (Å²) in [5, 5.41) is 25.2. The van der Waals surface area contributed by atoms with E-state index >= 15 is 0 Å². The summed E-state index contributed by atoms with van der Waals surface area (Å²) in [6, 6.07) is 11.5. The molecule has 0 unspecified atom stereocenters. The minimum absolute atomic E-state index is 0.221. The molecular formula is C19H13N5OS4. The number of nitriles is 1. The van der Waals surface area contributed by atoms with E-state index < -0.39 is 0 Å². The summed E-state index contributed by atoms with van der Waals surface area (Å²) in [5.41, 5.74) is 3.46. The molecule has 4 aromatic rings. The van der Waals surface area contributed by atoms with Crippen LogP contribution in [0.4, 0.5) is 5.13 Å². The lowest BCUT2D eigenvalue weighted by atomic mass is 10.2. The number of anilines is 1. The summed E-state index contributed by atoms with van der Waals surface area (Å²) in [4.78, 5) is 17.7. The third kappa shape index (κ3) is 4.71. The largest absolute Gasteiger partial charge is 0.296 e. The number of hydrogen-bond donors (Lipinski definition) is 1. The fraction of sp³-hybridized carbons (Fsp3) is 0.105. The molecule has 0 aliphatic carbocycles. The van der Waals surface area contributed by atoms with Gasteiger partial charge in [0.25, 0.3) is 5.91 Å². The van der Waals surface area contributed by atoms with Crippen molar-refractivity contribution >= 4 is 56.8 Å². The van der Waals surface area contributed by atoms with Gasteiger partial charge in [0.2, 0.25) is 5.13 Å². The molecule has 0 saturated heterocycles. The van der Waals surface area contributed by atoms with Gasteiger partial charge in [-0.15, -0.1) is 21.5 Å². The van der Waals surface area contributed by atoms with Crippen molar-refractivity contribution < 1.29 is 4.79 Å². The maximum absolute atomic E-state index is 12.6. The van der Waals surface area contributed by atoms with Gasteiger partial charge in [-0.3, -0.25) is 10.1 Å². The van der Waals surface area contributed by atoms with E-state index in [1.165, 1.54) is 34.4 Å². The van der Waals surface area contributed by atoms with E-state index in [4.69, 9.17) is 5.26 Å². The number of nitrogens with one attached hydrogen (secondary N) is 1. The van der Waals surface area contributed by atoms with Gasteiger partial charge in [-0.2, -0.15) is 16.6 Å². The van der Waals surface area contributed by atoms with Crippen LogP contribution in [0.3, 0.4) is 0 Å². The molecule has 3 heterocycles. The Bertz CT molecular complexity index is 1170. The molecule has 0 aliphatic rings. The first-order valence-corrected chi connectivity index (χ1v) is 11.9. The van der Waals surface area contributed by atoms with Crippen LogP contribution in [-0.4, -0.2) is 21.1 Å². The van der Waals surface area contributed by atoms with E-state index in [0.717, 1.165) is 20.5 Å². The van der Waals surface area contributed by atoms with Crippen molar-refractivity contribution in [1.82, 2.24) is 15.2 Å². The van der Waals surface area contributed by atoms with E-state index in [-0.39, 0.29) is 5.91 Å². The highest BCUT2D eigenvalue weighted by atomic mass is 32.2. The smallest absolute Gasteiger partial charge is 0.269 e. The van der Waals surface area contributed by atoms with Crippen molar-refractivity contribution in [3.8, 4) is 16.6 Å². The van der Waals surface area contributed by atoms with E-state index in [9.17, 15) is 4.79 Å². The third-order valence-corrected chi connectivity index (χ3v) is 7.77. The Morgan fingerprint density at radius 2 is 2.03 bits per heavy atom. The maximum Gasteiger partial charge on any atom is 0.269 e. The van der Waals surface area contributed by atoms with Gasteiger partial charge >= 0.3 is 0 Å². The maximum atomic E-state index is 12.6. The molecule has 0 radical (unpaired) electrons. The Morgan fingerprint density at radius 1 is 1.21 bits per heavy atom. The van der Waals surface area contributed by atoms with Gasteiger partial charge in [0.15, 0.2) is 4.34 Å². The molecule has 1 N–H and O–H groups in total. The first-order chi connectivity index (χ1) is 14.1. The Labute approximate surface area is 183 Å². The number of amides is 1. The van der Waals surface area contributed by atoms with Gasteiger partial charge in [-0.05, 0) is 36.1 Å². The van der Waals surface area contributed by atoms with Gasteiger partial charge in [0.1, 0.15) is 9.88 Å². The second-order valence-corrected chi connectivity index (χ2v) is 9.85. The molecule has 3 aromatic heterocycles. The molecule has 0 bridgehead atoms. The summed E-state index contributed by atoms with van der Waals surface area (Å²) in [6.45, 7) is 1.83. The summed E-state index contributed by atoms with van der Waals surface area (Å²) >= 11 is 5.85. The average Bonchev–Trinajstić information content (AvgIpc) is 3.47. The molecule has 0 fully saturated rings. The molecule has 4 rings (SSSR count). The van der Waals surface area contributed by atoms with Crippen molar-refractivity contribution in [1.29, 1.82) is 5.26 Å². The zero-order chi connectivity index (χ0) is 20.2. The molecule has 0 saturated carbocycles. The zero-order valence-electron chi connectivity index (χ0n) is 15.1. The molecule has 0 spiro atoms. The molecule has 1 aromatic carbocycles. The molecule has 6 nitrogen and oxygen atoms in total. The summed E-state index contributed by atoms with van der Waals surface area (Å²) in [5.74, 6) is 0.493. The summed E-state index contributed by atoms with van der Waals surface area (Å²) in [7, 11) is 0. The standard InChI is InChI=1S/C19H13N5OS4/c1-11-15(28-17(21-11)14-6-7-26-10-14)16(25)22-18-23-24-19(29-18)27-9-13-4-2-12(8-20)3-5-13/h2-7,10H,9H2,1H3,(H,22,23,25). The number of thioether (sulfide) groups is 1. The number of thiophene rings is 1. The lowest BCUT2D eigenvalue weighted by Crippen LogP contribution is -2.11. The second-order valence-electron chi connectivity index (χ2n) is 5.87. The van der Waals surface area contributed by atoms with Gasteiger partial charge in [-0.1, -0.05) is 35.2 Å². The molecule has 29 heavy (non-hydrogen) atoms. The van der Waals surface area contributed by atoms with Crippen molar-refractivity contribution in [2.45, 2.75) is 17.0 Å². The number of nitrogens with zero attached hydrogens (tertiary/aromatic N) is 4. The summed E-state index contributed by atoms with van der Waals surface area (Å²) < 4.78 is 0.768. The van der Waals surface area contributed by atoms with E-state index in [1.807, 2.05) is 35.9 Å². The first kappa shape index (κ1) is 19.7. The number of aryl methyl sites for hydroxylation is 1. The Hall–Kier alpha value is -2.58. The highest BCUT2D eigenvalue weighted by Gasteiger charge is 2.18. The highest BCUT2D eigenvalue weighted by molar-refractivity contribution is 8.00. The van der Waals surface area contributed by atoms with E-state index in [2.05, 4.69) is 26.6 Å². The van der Waals surface area contributed by atoms with Crippen LogP contribution in [0.2, 0.25) is 0 Å². The molecule has 1 amide bonds. The Kier molecular flexibility index (Phi) is 6.01. The second kappa shape index (κ2) is 8.84. The van der Waals surface area contributed by atoms with Gasteiger partial charge in [0, 0.05) is 16.7 Å². The van der Waals surface area contributed by atoms with Crippen LogP contribution >= 0.6 is 45.8 Å². The monoisotopic (exact) mass is 455 g/mol. The van der Waals surface area contributed by atoms with Crippen LogP contribution in [-0.2, 0) is 5.75 Å². The predicted molar refractivity (Wildman–Crippen MR) is 119 cm³/mol. The zero-order valence-corrected chi connectivity index (χ0v) is 18.3. The van der Waals surface area contributed by atoms with Crippen molar-refractivity contribution in [2.75, 3.05) is 5.32 Å². The average molecular weight is 456 g/mol. The van der Waals surface area contributed by atoms with Crippen LogP contribution in [0.1, 0.15) is 26.5 Å². The number of carbonyl (C=O) groups excluding carboxylic acids is 1. The number of carbonyl (C=O) groups is 1. The van der Waals surface area contributed by atoms with Gasteiger partial charge in [0.05, 0.1) is 17.3 Å². The van der Waals surface area contributed by atoms with Crippen LogP contribution in [0.25, 0.3) is 10.6 Å². The molecule has 144 valence electrons. The summed E-state index contributed by atoms with van der Waals surface area (Å²) in [6.07, 6.45) is 0. The Morgan fingerprint density at radius 3 is 2.76 bits per heavy atom. The molecule has 0 aliphatic heterocycles. The molecule has 10 heteroatoms. The number of aromatic nitrogens is 3. The lowest BCUT2D eigenvalue weighted by Gasteiger charge is -1.99. The van der Waals surface area contributed by atoms with Crippen molar-refractivity contribution in [3.63, 3.8) is 0 Å². The normalized spacial score (nSPS) is 10.6. The topological polar surface area (TPSA) is 91.6 Å². The van der Waals surface area contributed by atoms with Crippen molar-refractivity contribution in [3.05, 3.63) is 62.8 Å². The van der Waals surface area contributed by atoms with Crippen molar-refractivity contribution in [2.24, 2.45) is 0 Å². The van der Waals surface area contributed by atoms with E-state index in [1.54, 1.807) is 23.5 Å². The number of hydrogen-bond acceptors (Lipinski definition) is 9. The molecule has 0 atom stereocenters. The third-order valence-electron chi connectivity index (χ3n) is 3.84. The number of benzene rings is 1. The number of rotatable bonds is 6. The molecular weight excluding hydrogens is 443 g/mol. The van der Waals surface area contributed by atoms with Crippen LogP contribution in [0.5, 0.6) is 0 Å². The quantitative estimate of drug-likeness (QED) is 0.307. The van der Waals surface area contributed by atoms with E-state index in [0.29, 0.717) is 27.0 Å². The van der Waals surface area contributed by atoms with Crippen LogP contribution < -0.4 is 5.32 Å². The SMILES string of the molecule is Cc1nc(-c2ccsc2)sc1C(=O)Nc1nnc(SCc2ccc(C#N)cc2)s1. The van der Waals surface area contributed by atoms with Gasteiger partial charge in [-0.25, -0.2) is 4.98 Å². The minimum atomic E-state index is -0.221. The number of thiazole rings is 1.